The first kappa shape index (κ1) is 16.8. The van der Waals surface area contributed by atoms with Crippen LogP contribution in [0.3, 0.4) is 0 Å². The maximum Gasteiger partial charge on any atom is 0.262 e. The summed E-state index contributed by atoms with van der Waals surface area (Å²) in [5, 5.41) is 0.0395. The lowest BCUT2D eigenvalue weighted by Gasteiger charge is -2.32. The van der Waals surface area contributed by atoms with Gasteiger partial charge in [0.05, 0.1) is 12.9 Å². The molecule has 0 unspecified atom stereocenters. The third kappa shape index (κ3) is 3.12. The Labute approximate surface area is 141 Å². The number of ether oxygens (including phenoxy) is 1. The van der Waals surface area contributed by atoms with Crippen LogP contribution < -0.4 is 4.90 Å². The summed E-state index contributed by atoms with van der Waals surface area (Å²) in [6, 6.07) is 0. The number of hydrogen-bond acceptors (Lipinski definition) is 7. The number of rotatable bonds is 4. The lowest BCUT2D eigenvalue weighted by Crippen LogP contribution is -2.42. The number of hydrogen-bond donors (Lipinski definition) is 0. The molecule has 1 aliphatic heterocycles. The van der Waals surface area contributed by atoms with Crippen LogP contribution >= 0.6 is 0 Å². The smallest absolute Gasteiger partial charge is 0.262 e. The Hall–Kier alpha value is -2.04. The number of imidazole rings is 1. The molecule has 0 bridgehead atoms. The third-order valence-corrected chi connectivity index (χ3v) is 5.50. The van der Waals surface area contributed by atoms with Crippen LogP contribution in [-0.4, -0.2) is 66.0 Å². The molecule has 0 spiro atoms. The molecular formula is C14H20N6O3S. The van der Waals surface area contributed by atoms with Gasteiger partial charge in [-0.2, -0.15) is 4.31 Å². The van der Waals surface area contributed by atoms with Gasteiger partial charge in [-0.15, -0.1) is 0 Å². The molecule has 0 saturated carbocycles. The minimum absolute atomic E-state index is 0.0395. The molecule has 0 radical (unpaired) electrons. The van der Waals surface area contributed by atoms with Gasteiger partial charge in [-0.1, -0.05) is 0 Å². The molecule has 3 rings (SSSR count). The van der Waals surface area contributed by atoms with Crippen molar-refractivity contribution in [3.63, 3.8) is 0 Å². The molecule has 2 aromatic rings. The lowest BCUT2D eigenvalue weighted by molar-refractivity contribution is -0.00487. The minimum Gasteiger partial charge on any atom is -0.369 e. The molecule has 9 nitrogen and oxygen atoms in total. The van der Waals surface area contributed by atoms with Crippen molar-refractivity contribution in [2.45, 2.75) is 11.1 Å². The second-order valence-electron chi connectivity index (χ2n) is 5.76. The van der Waals surface area contributed by atoms with Crippen LogP contribution in [0.5, 0.6) is 0 Å². The van der Waals surface area contributed by atoms with Crippen molar-refractivity contribution in [2.24, 2.45) is 7.05 Å². The van der Waals surface area contributed by atoms with Gasteiger partial charge >= 0.3 is 0 Å². The zero-order chi connectivity index (χ0) is 17.3. The lowest BCUT2D eigenvalue weighted by atomic mass is 10.2. The number of nitrogens with zero attached hydrogens (tertiary/aromatic N) is 6. The van der Waals surface area contributed by atoms with E-state index in [2.05, 4.69) is 15.0 Å². The van der Waals surface area contributed by atoms with Gasteiger partial charge in [-0.05, 0) is 0 Å². The van der Waals surface area contributed by atoms with Gasteiger partial charge in [0.25, 0.3) is 10.0 Å². The zero-order valence-electron chi connectivity index (χ0n) is 13.8. The molecule has 1 saturated heterocycles. The fourth-order valence-electron chi connectivity index (χ4n) is 2.58. The van der Waals surface area contributed by atoms with Crippen LogP contribution in [0.4, 0.5) is 5.82 Å². The summed E-state index contributed by atoms with van der Waals surface area (Å²) in [6.45, 7) is 0.756. The van der Waals surface area contributed by atoms with Gasteiger partial charge in [-0.3, -0.25) is 4.98 Å². The molecule has 1 fully saturated rings. The van der Waals surface area contributed by atoms with Crippen molar-refractivity contribution in [1.29, 1.82) is 0 Å². The van der Waals surface area contributed by atoms with E-state index < -0.39 is 16.1 Å². The van der Waals surface area contributed by atoms with E-state index in [0.29, 0.717) is 18.1 Å². The molecule has 0 aliphatic carbocycles. The van der Waals surface area contributed by atoms with E-state index in [-0.39, 0.29) is 18.1 Å². The van der Waals surface area contributed by atoms with Crippen molar-refractivity contribution < 1.29 is 13.2 Å². The Morgan fingerprint density at radius 1 is 1.25 bits per heavy atom. The van der Waals surface area contributed by atoms with Crippen LogP contribution in [-0.2, 0) is 21.8 Å². The summed E-state index contributed by atoms with van der Waals surface area (Å²) in [5.41, 5.74) is 0.628. The number of sulfonamides is 1. The number of aromatic nitrogens is 4. The van der Waals surface area contributed by atoms with Gasteiger partial charge in [0.2, 0.25) is 0 Å². The molecule has 0 aromatic carbocycles. The van der Waals surface area contributed by atoms with Gasteiger partial charge < -0.3 is 14.2 Å². The van der Waals surface area contributed by atoms with Gasteiger partial charge in [0.15, 0.2) is 10.8 Å². The summed E-state index contributed by atoms with van der Waals surface area (Å²) >= 11 is 0. The third-order valence-electron chi connectivity index (χ3n) is 3.75. The molecule has 0 N–H and O–H groups in total. The van der Waals surface area contributed by atoms with Crippen LogP contribution in [0.15, 0.2) is 29.9 Å². The maximum absolute atomic E-state index is 12.7. The van der Waals surface area contributed by atoms with E-state index in [1.54, 1.807) is 24.0 Å². The molecule has 1 aliphatic rings. The van der Waals surface area contributed by atoms with E-state index in [9.17, 15) is 8.42 Å². The minimum atomic E-state index is -3.66. The van der Waals surface area contributed by atoms with E-state index >= 15 is 0 Å². The molecule has 3 heterocycles. The van der Waals surface area contributed by atoms with Crippen molar-refractivity contribution in [2.75, 3.05) is 38.7 Å². The van der Waals surface area contributed by atoms with E-state index in [1.807, 2.05) is 19.0 Å². The van der Waals surface area contributed by atoms with Crippen molar-refractivity contribution in [1.82, 2.24) is 23.8 Å². The zero-order valence-corrected chi connectivity index (χ0v) is 14.6. The standard InChI is InChI=1S/C14H20N6O3S/c1-18(2)14-13(15-4-5-16-14)11-8-20(6-7-23-11)24(21,22)12-9-19(3)10-17-12/h4-5,9-11H,6-8H2,1-3H3/t11-/m1/s1. The van der Waals surface area contributed by atoms with Crippen molar-refractivity contribution in [3.8, 4) is 0 Å². The predicted octanol–water partition coefficient (Wildman–Crippen LogP) is 0.0383. The highest BCUT2D eigenvalue weighted by molar-refractivity contribution is 7.89. The summed E-state index contributed by atoms with van der Waals surface area (Å²) in [6.07, 6.45) is 5.68. The van der Waals surface area contributed by atoms with Gasteiger partial charge in [0.1, 0.15) is 11.8 Å². The first-order valence-electron chi connectivity index (χ1n) is 7.47. The van der Waals surface area contributed by atoms with Gasteiger partial charge in [-0.25, -0.2) is 18.4 Å². The molecule has 1 atom stereocenters. The van der Waals surface area contributed by atoms with Crippen molar-refractivity contribution in [3.05, 3.63) is 30.6 Å². The Morgan fingerprint density at radius 2 is 2.00 bits per heavy atom. The molecule has 130 valence electrons. The Morgan fingerprint density at radius 3 is 2.67 bits per heavy atom. The summed E-state index contributed by atoms with van der Waals surface area (Å²) in [7, 11) is 1.80. The Bertz CT molecular complexity index is 819. The van der Waals surface area contributed by atoms with E-state index in [1.165, 1.54) is 16.8 Å². The monoisotopic (exact) mass is 352 g/mol. The highest BCUT2D eigenvalue weighted by atomic mass is 32.2. The average molecular weight is 352 g/mol. The van der Waals surface area contributed by atoms with Crippen LogP contribution in [0, 0.1) is 0 Å². The summed E-state index contributed by atoms with van der Waals surface area (Å²) in [4.78, 5) is 14.4. The average Bonchev–Trinajstić information content (AvgIpc) is 3.02. The molecule has 10 heteroatoms. The highest BCUT2D eigenvalue weighted by Crippen LogP contribution is 2.28. The van der Waals surface area contributed by atoms with Gasteiger partial charge in [0, 0.05) is 52.8 Å². The van der Waals surface area contributed by atoms with Crippen LogP contribution in [0.1, 0.15) is 11.8 Å². The predicted molar refractivity (Wildman–Crippen MR) is 87.0 cm³/mol. The molecule has 0 amide bonds. The molecule has 24 heavy (non-hydrogen) atoms. The summed E-state index contributed by atoms with van der Waals surface area (Å²) < 4.78 is 34.2. The second kappa shape index (κ2) is 6.46. The first-order chi connectivity index (χ1) is 11.4. The SMILES string of the molecule is CN(C)c1nccnc1[C@H]1CN(S(=O)(=O)c2cn(C)cn2)CCO1. The molecular weight excluding hydrogens is 332 g/mol. The normalized spacial score (nSPS) is 19.4. The fourth-order valence-corrected chi connectivity index (χ4v) is 3.97. The van der Waals surface area contributed by atoms with E-state index in [0.717, 1.165) is 0 Å². The molecule has 2 aromatic heterocycles. The summed E-state index contributed by atoms with van der Waals surface area (Å²) in [5.74, 6) is 0.666. The van der Waals surface area contributed by atoms with Crippen LogP contribution in [0.2, 0.25) is 0 Å². The highest BCUT2D eigenvalue weighted by Gasteiger charge is 2.34. The van der Waals surface area contributed by atoms with Crippen molar-refractivity contribution >= 4 is 15.8 Å². The van der Waals surface area contributed by atoms with E-state index in [4.69, 9.17) is 4.74 Å². The fraction of sp³-hybridized carbons (Fsp3) is 0.500. The quantitative estimate of drug-likeness (QED) is 0.767. The first-order valence-corrected chi connectivity index (χ1v) is 8.91. The number of anilines is 1. The Balaban J connectivity index is 1.88. The van der Waals surface area contributed by atoms with Crippen LogP contribution in [0.25, 0.3) is 0 Å². The topological polar surface area (TPSA) is 93.5 Å². The second-order valence-corrected chi connectivity index (χ2v) is 7.64. The maximum atomic E-state index is 12.7. The number of morpholine rings is 1. The Kier molecular flexibility index (Phi) is 4.52. The number of aryl methyl sites for hydroxylation is 1. The largest absolute Gasteiger partial charge is 0.369 e.